The topological polar surface area (TPSA) is 68.5 Å². The average molecular weight is 465 g/mol. The summed E-state index contributed by atoms with van der Waals surface area (Å²) >= 11 is 12.1. The highest BCUT2D eigenvalue weighted by Crippen LogP contribution is 2.22. The SMILES string of the molecule is O=C(NN=Cc1cccc(Oc2ccccc2)c1)c1ccn(Cc2ccc(Cl)cc2Cl)n1. The molecular weight excluding hydrogens is 447 g/mol. The number of hydrogen-bond donors (Lipinski definition) is 1. The van der Waals surface area contributed by atoms with E-state index in [4.69, 9.17) is 27.9 Å². The quantitative estimate of drug-likeness (QED) is 0.277. The second kappa shape index (κ2) is 10.1. The van der Waals surface area contributed by atoms with E-state index >= 15 is 0 Å². The van der Waals surface area contributed by atoms with Crippen LogP contribution in [0, 0.1) is 0 Å². The van der Waals surface area contributed by atoms with E-state index in [1.807, 2.05) is 60.7 Å². The zero-order valence-corrected chi connectivity index (χ0v) is 18.3. The van der Waals surface area contributed by atoms with Gasteiger partial charge in [0, 0.05) is 16.2 Å². The molecule has 0 bridgehead atoms. The van der Waals surface area contributed by atoms with Crippen molar-refractivity contribution >= 4 is 35.3 Å². The maximum absolute atomic E-state index is 12.4. The largest absolute Gasteiger partial charge is 0.457 e. The van der Waals surface area contributed by atoms with Gasteiger partial charge in [0.05, 0.1) is 12.8 Å². The number of hydrazone groups is 1. The van der Waals surface area contributed by atoms with Crippen LogP contribution in [0.4, 0.5) is 0 Å². The summed E-state index contributed by atoms with van der Waals surface area (Å²) in [5.41, 5.74) is 4.36. The molecular formula is C24H18Cl2N4O2. The van der Waals surface area contributed by atoms with Gasteiger partial charge in [0.2, 0.25) is 0 Å². The van der Waals surface area contributed by atoms with E-state index in [1.54, 1.807) is 35.3 Å². The molecule has 0 spiro atoms. The highest BCUT2D eigenvalue weighted by Gasteiger charge is 2.10. The third-order valence-electron chi connectivity index (χ3n) is 4.44. The molecule has 4 rings (SSSR count). The van der Waals surface area contributed by atoms with E-state index in [0.717, 1.165) is 16.9 Å². The van der Waals surface area contributed by atoms with E-state index in [0.29, 0.717) is 22.3 Å². The number of benzene rings is 3. The molecule has 0 saturated carbocycles. The molecule has 0 aliphatic heterocycles. The van der Waals surface area contributed by atoms with Crippen LogP contribution in [0.3, 0.4) is 0 Å². The Morgan fingerprint density at radius 1 is 1.00 bits per heavy atom. The molecule has 0 atom stereocenters. The van der Waals surface area contributed by atoms with E-state index in [9.17, 15) is 4.79 Å². The second-order valence-electron chi connectivity index (χ2n) is 6.82. The van der Waals surface area contributed by atoms with Gasteiger partial charge < -0.3 is 4.74 Å². The molecule has 0 aliphatic carbocycles. The summed E-state index contributed by atoms with van der Waals surface area (Å²) in [6, 6.07) is 23.7. The van der Waals surface area contributed by atoms with Crippen molar-refractivity contribution in [3.05, 3.63) is 112 Å². The Labute approximate surface area is 195 Å². The van der Waals surface area contributed by atoms with Crippen molar-refractivity contribution in [1.29, 1.82) is 0 Å². The van der Waals surface area contributed by atoms with Crippen molar-refractivity contribution in [3.8, 4) is 11.5 Å². The maximum atomic E-state index is 12.4. The molecule has 0 saturated heterocycles. The van der Waals surface area contributed by atoms with Crippen LogP contribution in [0.2, 0.25) is 10.0 Å². The number of ether oxygens (including phenoxy) is 1. The summed E-state index contributed by atoms with van der Waals surface area (Å²) in [7, 11) is 0. The molecule has 6 nitrogen and oxygen atoms in total. The van der Waals surface area contributed by atoms with Crippen LogP contribution in [-0.2, 0) is 6.54 Å². The van der Waals surface area contributed by atoms with Crippen LogP contribution in [0.25, 0.3) is 0 Å². The Hall–Kier alpha value is -3.61. The fourth-order valence-corrected chi connectivity index (χ4v) is 3.37. The molecule has 1 aromatic heterocycles. The first-order valence-corrected chi connectivity index (χ1v) is 10.5. The minimum Gasteiger partial charge on any atom is -0.457 e. The van der Waals surface area contributed by atoms with Crippen molar-refractivity contribution in [3.63, 3.8) is 0 Å². The number of nitrogens with one attached hydrogen (secondary N) is 1. The third kappa shape index (κ3) is 5.75. The average Bonchev–Trinajstić information content (AvgIpc) is 3.25. The maximum Gasteiger partial charge on any atom is 0.291 e. The first-order chi connectivity index (χ1) is 15.6. The first-order valence-electron chi connectivity index (χ1n) is 9.70. The molecule has 0 radical (unpaired) electrons. The van der Waals surface area contributed by atoms with E-state index in [2.05, 4.69) is 15.6 Å². The summed E-state index contributed by atoms with van der Waals surface area (Å²) in [5.74, 6) is 0.996. The Morgan fingerprint density at radius 2 is 1.81 bits per heavy atom. The summed E-state index contributed by atoms with van der Waals surface area (Å²) in [6.45, 7) is 0.417. The van der Waals surface area contributed by atoms with Gasteiger partial charge in [0.25, 0.3) is 5.91 Å². The standard InChI is InChI=1S/C24H18Cl2N4O2/c25-19-10-9-18(22(26)14-19)16-30-12-11-23(29-30)24(31)28-27-15-17-5-4-8-21(13-17)32-20-6-2-1-3-7-20/h1-15H,16H2,(H,28,31). The van der Waals surface area contributed by atoms with Gasteiger partial charge in [-0.15, -0.1) is 0 Å². The first kappa shape index (κ1) is 21.6. The number of aromatic nitrogens is 2. The molecule has 1 amide bonds. The van der Waals surface area contributed by atoms with Gasteiger partial charge in [0.15, 0.2) is 5.69 Å². The number of hydrogen-bond acceptors (Lipinski definition) is 4. The van der Waals surface area contributed by atoms with Crippen molar-refractivity contribution in [1.82, 2.24) is 15.2 Å². The number of para-hydroxylation sites is 1. The molecule has 0 unspecified atom stereocenters. The predicted molar refractivity (Wildman–Crippen MR) is 126 cm³/mol. The van der Waals surface area contributed by atoms with Crippen molar-refractivity contribution < 1.29 is 9.53 Å². The monoisotopic (exact) mass is 464 g/mol. The highest BCUT2D eigenvalue weighted by atomic mass is 35.5. The zero-order chi connectivity index (χ0) is 22.3. The van der Waals surface area contributed by atoms with Crippen LogP contribution in [-0.4, -0.2) is 21.9 Å². The smallest absolute Gasteiger partial charge is 0.291 e. The fourth-order valence-electron chi connectivity index (χ4n) is 2.90. The van der Waals surface area contributed by atoms with Crippen LogP contribution >= 0.6 is 23.2 Å². The normalized spacial score (nSPS) is 10.9. The van der Waals surface area contributed by atoms with E-state index in [-0.39, 0.29) is 5.69 Å². The Kier molecular flexibility index (Phi) is 6.84. The lowest BCUT2D eigenvalue weighted by molar-refractivity contribution is 0.0949. The van der Waals surface area contributed by atoms with Crippen molar-refractivity contribution in [2.45, 2.75) is 6.54 Å². The molecule has 32 heavy (non-hydrogen) atoms. The number of amides is 1. The minimum atomic E-state index is -0.418. The van der Waals surface area contributed by atoms with Crippen molar-refractivity contribution in [2.24, 2.45) is 5.10 Å². The van der Waals surface area contributed by atoms with Gasteiger partial charge in [0.1, 0.15) is 11.5 Å². The molecule has 0 fully saturated rings. The van der Waals surface area contributed by atoms with Crippen LogP contribution < -0.4 is 10.2 Å². The van der Waals surface area contributed by atoms with Gasteiger partial charge >= 0.3 is 0 Å². The third-order valence-corrected chi connectivity index (χ3v) is 5.02. The number of rotatable bonds is 7. The summed E-state index contributed by atoms with van der Waals surface area (Å²) in [6.07, 6.45) is 3.24. The zero-order valence-electron chi connectivity index (χ0n) is 16.8. The molecule has 1 N–H and O–H groups in total. The van der Waals surface area contributed by atoms with E-state index < -0.39 is 5.91 Å². The number of carbonyl (C=O) groups is 1. The lowest BCUT2D eigenvalue weighted by atomic mass is 10.2. The Bertz CT molecular complexity index is 1260. The lowest BCUT2D eigenvalue weighted by Crippen LogP contribution is -2.18. The lowest BCUT2D eigenvalue weighted by Gasteiger charge is -2.05. The van der Waals surface area contributed by atoms with Crippen LogP contribution in [0.5, 0.6) is 11.5 Å². The fraction of sp³-hybridized carbons (Fsp3) is 0.0417. The molecule has 8 heteroatoms. The van der Waals surface area contributed by atoms with Gasteiger partial charge in [-0.05, 0) is 53.6 Å². The van der Waals surface area contributed by atoms with Crippen molar-refractivity contribution in [2.75, 3.05) is 0 Å². The Balaban J connectivity index is 1.35. The second-order valence-corrected chi connectivity index (χ2v) is 7.66. The molecule has 160 valence electrons. The van der Waals surface area contributed by atoms with Gasteiger partial charge in [-0.25, -0.2) is 5.43 Å². The number of carbonyl (C=O) groups excluding carboxylic acids is 1. The summed E-state index contributed by atoms with van der Waals surface area (Å²) in [5, 5.41) is 9.40. The van der Waals surface area contributed by atoms with Crippen LogP contribution in [0.15, 0.2) is 90.2 Å². The van der Waals surface area contributed by atoms with Gasteiger partial charge in [-0.1, -0.05) is 59.6 Å². The van der Waals surface area contributed by atoms with Crippen LogP contribution in [0.1, 0.15) is 21.6 Å². The van der Waals surface area contributed by atoms with Gasteiger partial charge in [-0.2, -0.15) is 10.2 Å². The van der Waals surface area contributed by atoms with E-state index in [1.165, 1.54) is 0 Å². The number of halogens is 2. The minimum absolute atomic E-state index is 0.244. The molecule has 1 heterocycles. The highest BCUT2D eigenvalue weighted by molar-refractivity contribution is 6.35. The van der Waals surface area contributed by atoms with Gasteiger partial charge in [-0.3, -0.25) is 9.48 Å². The molecule has 3 aromatic carbocycles. The molecule has 0 aliphatic rings. The predicted octanol–water partition coefficient (Wildman–Crippen LogP) is 5.79. The number of nitrogens with zero attached hydrogens (tertiary/aromatic N) is 3. The Morgan fingerprint density at radius 3 is 2.62 bits per heavy atom. The summed E-state index contributed by atoms with van der Waals surface area (Å²) < 4.78 is 7.43. The summed E-state index contributed by atoms with van der Waals surface area (Å²) in [4.78, 5) is 12.4. The molecule has 4 aromatic rings.